The van der Waals surface area contributed by atoms with Crippen LogP contribution in [0.1, 0.15) is 45.9 Å². The average molecular weight is 1710 g/mol. The minimum atomic E-state index is -3.62. The van der Waals surface area contributed by atoms with Gasteiger partial charge in [0.25, 0.3) is 0 Å². The second kappa shape index (κ2) is 69.6. The van der Waals surface area contributed by atoms with Gasteiger partial charge in [0.1, 0.15) is 17.9 Å². The van der Waals surface area contributed by atoms with Crippen LogP contribution >= 0.6 is 0 Å². The predicted molar refractivity (Wildman–Crippen MR) is 432 cm³/mol. The van der Waals surface area contributed by atoms with Gasteiger partial charge in [-0.05, 0) is 57.5 Å². The first-order valence-corrected chi connectivity index (χ1v) is 42.5. The van der Waals surface area contributed by atoms with Gasteiger partial charge < -0.3 is 144 Å². The van der Waals surface area contributed by atoms with Gasteiger partial charge in [-0.1, -0.05) is 23.3 Å². The molecule has 4 N–H and O–H groups in total. The number of imidazole rings is 1. The molecule has 0 aliphatic rings. The molecule has 39 heteroatoms. The normalized spacial score (nSPS) is 12.0. The molecule has 0 unspecified atom stereocenters. The predicted octanol–water partition coefficient (Wildman–Crippen LogP) is 4.26. The van der Waals surface area contributed by atoms with Crippen molar-refractivity contribution in [2.45, 2.75) is 64.0 Å². The summed E-state index contributed by atoms with van der Waals surface area (Å²) in [7, 11) is -3.62. The van der Waals surface area contributed by atoms with Crippen LogP contribution in [0.5, 0.6) is 0 Å². The van der Waals surface area contributed by atoms with Crippen molar-refractivity contribution in [2.75, 3.05) is 341 Å². The quantitative estimate of drug-likeness (QED) is 0.0458. The van der Waals surface area contributed by atoms with Crippen LogP contribution in [0.2, 0.25) is 0 Å². The highest BCUT2D eigenvalue weighted by Crippen LogP contribution is 2.31. The minimum absolute atomic E-state index is 0.0439. The zero-order valence-corrected chi connectivity index (χ0v) is 70.6. The van der Waals surface area contributed by atoms with Gasteiger partial charge in [0.15, 0.2) is 5.82 Å². The van der Waals surface area contributed by atoms with Crippen molar-refractivity contribution in [3.8, 4) is 11.5 Å². The van der Waals surface area contributed by atoms with Gasteiger partial charge in [0.05, 0.1) is 334 Å². The molecule has 118 heavy (non-hydrogen) atoms. The maximum absolute atomic E-state index is 12.3. The van der Waals surface area contributed by atoms with E-state index in [1.54, 1.807) is 24.3 Å². The van der Waals surface area contributed by atoms with Crippen molar-refractivity contribution < 1.29 is 141 Å². The topological polar surface area (TPSA) is 419 Å². The lowest BCUT2D eigenvalue weighted by molar-refractivity contribution is -0.121. The highest BCUT2D eigenvalue weighted by molar-refractivity contribution is 7.90. The average Bonchev–Trinajstić information content (AvgIpc) is 1.59. The molecule has 38 nitrogen and oxygen atoms in total. The van der Waals surface area contributed by atoms with Crippen LogP contribution in [0.4, 0.5) is 11.5 Å². The van der Waals surface area contributed by atoms with E-state index in [0.717, 1.165) is 28.5 Å². The van der Waals surface area contributed by atoms with Crippen LogP contribution in [-0.4, -0.2) is 380 Å². The molecule has 0 aliphatic heterocycles. The maximum atomic E-state index is 12.3. The SMILES string of the molecule is CCOCc1nc2c(N)nc3ccccc3c2n1CC(C)(C)OCCOCCOCCOCCOCCOCCOCCOCCOCCOCCOCCOCCOCCOCCOCCOCCOCCOCCOCCOCCOCCOCCOCCOCCNC(=O)CCCC(=O)Nc1ccc(-c2nnc(S(C)(=O)=O)o2)cc1. The third kappa shape index (κ3) is 52.5. The maximum Gasteiger partial charge on any atom is 0.335 e. The van der Waals surface area contributed by atoms with Crippen LogP contribution in [0.25, 0.3) is 33.4 Å². The van der Waals surface area contributed by atoms with E-state index in [-0.39, 0.29) is 30.5 Å². The van der Waals surface area contributed by atoms with E-state index in [1.807, 2.05) is 45.0 Å². The Hall–Kier alpha value is -5.85. The second-order valence-electron chi connectivity index (χ2n) is 26.1. The van der Waals surface area contributed by atoms with E-state index in [2.05, 4.69) is 30.4 Å². The number of aromatic nitrogens is 5. The number of amides is 2. The number of nitrogens with one attached hydrogen (secondary N) is 2. The number of pyridine rings is 1. The summed E-state index contributed by atoms with van der Waals surface area (Å²) < 4.78 is 170. The van der Waals surface area contributed by atoms with E-state index < -0.39 is 20.7 Å². The number of para-hydroxylation sites is 1. The van der Waals surface area contributed by atoms with Crippen LogP contribution in [0.3, 0.4) is 0 Å². The summed E-state index contributed by atoms with van der Waals surface area (Å²) in [6, 6.07) is 14.4. The van der Waals surface area contributed by atoms with Gasteiger partial charge >= 0.3 is 5.22 Å². The van der Waals surface area contributed by atoms with Crippen LogP contribution in [0, 0.1) is 0 Å². The van der Waals surface area contributed by atoms with Gasteiger partial charge in [0, 0.05) is 48.9 Å². The Morgan fingerprint density at radius 3 is 1.09 bits per heavy atom. The number of nitrogen functional groups attached to an aromatic ring is 1. The Balaban J connectivity index is 0.606. The first-order chi connectivity index (χ1) is 57.8. The molecule has 0 radical (unpaired) electrons. The number of nitrogens with zero attached hydrogens (tertiary/aromatic N) is 5. The van der Waals surface area contributed by atoms with Crippen molar-refractivity contribution in [3.05, 3.63) is 54.4 Å². The van der Waals surface area contributed by atoms with Gasteiger partial charge in [-0.25, -0.2) is 18.4 Å². The summed E-state index contributed by atoms with van der Waals surface area (Å²) in [5, 5.41) is 13.3. The number of sulfone groups is 1. The standard InChI is InChI=1S/C79H132N8O30S/c1-5-92-65-71-84-74-75(69-9-6-7-10-70(69)83-76(74)80)87(71)66-79(2,3)116-64-63-115-62-61-114-60-59-113-58-57-112-56-55-111-54-53-110-52-51-109-50-49-108-48-47-107-46-45-106-44-43-105-42-41-104-40-39-103-38-37-102-36-35-101-34-33-100-32-31-99-30-29-98-28-27-97-26-25-96-24-23-95-22-21-94-20-19-93-18-17-81-72(88)11-8-12-73(89)82-68-15-13-67(14-16-68)77-85-86-78(117-77)118(4,90)91/h6-7,9-10,13-16H,5,8,11-12,17-66H2,1-4H3,(H2,80,83)(H,81,88)(H,82,89). The summed E-state index contributed by atoms with van der Waals surface area (Å²) in [5.41, 5.74) is 9.25. The minimum Gasteiger partial charge on any atom is -0.408 e. The Kier molecular flexibility index (Phi) is 60.6. The fourth-order valence-corrected chi connectivity index (χ4v) is 10.7. The largest absolute Gasteiger partial charge is 0.408 e. The number of hydrogen-bond acceptors (Lipinski definition) is 35. The monoisotopic (exact) mass is 1700 g/mol. The molecule has 3 heterocycles. The molecule has 5 aromatic rings. The lowest BCUT2D eigenvalue weighted by atomic mass is 10.1. The van der Waals surface area contributed by atoms with Gasteiger partial charge in [-0.3, -0.25) is 9.59 Å². The highest BCUT2D eigenvalue weighted by Gasteiger charge is 2.26. The van der Waals surface area contributed by atoms with Crippen molar-refractivity contribution in [1.29, 1.82) is 0 Å². The second-order valence-corrected chi connectivity index (χ2v) is 28.0. The van der Waals surface area contributed by atoms with E-state index in [0.29, 0.717) is 366 Å². The Bertz CT molecular complexity index is 3370. The van der Waals surface area contributed by atoms with Crippen molar-refractivity contribution in [3.63, 3.8) is 0 Å². The number of carbonyl (C=O) groups excluding carboxylic acids is 2. The highest BCUT2D eigenvalue weighted by atomic mass is 32.2. The number of nitrogens with two attached hydrogens (primary N) is 1. The molecule has 2 aromatic carbocycles. The molecular formula is C79H132N8O30S. The molecule has 0 saturated carbocycles. The molecule has 5 rings (SSSR count). The lowest BCUT2D eigenvalue weighted by Gasteiger charge is -2.27. The zero-order chi connectivity index (χ0) is 84.0. The van der Waals surface area contributed by atoms with Crippen molar-refractivity contribution in [1.82, 2.24) is 30.0 Å². The number of carbonyl (C=O) groups is 2. The number of rotatable bonds is 85. The molecule has 2 amide bonds. The molecule has 674 valence electrons. The van der Waals surface area contributed by atoms with Crippen molar-refractivity contribution >= 4 is 55.1 Å². The van der Waals surface area contributed by atoms with Gasteiger partial charge in [0.2, 0.25) is 27.5 Å². The molecule has 0 spiro atoms. The molecule has 0 aliphatic carbocycles. The third-order valence-corrected chi connectivity index (χ3v) is 16.9. The molecule has 0 bridgehead atoms. The summed E-state index contributed by atoms with van der Waals surface area (Å²) in [6.45, 7) is 29.2. The summed E-state index contributed by atoms with van der Waals surface area (Å²) >= 11 is 0. The Labute approximate surface area is 693 Å². The van der Waals surface area contributed by atoms with Crippen LogP contribution in [0.15, 0.2) is 58.2 Å². The van der Waals surface area contributed by atoms with E-state index in [9.17, 15) is 18.0 Å². The smallest absolute Gasteiger partial charge is 0.335 e. The number of ether oxygens (including phenoxy) is 25. The molecule has 0 fully saturated rings. The summed E-state index contributed by atoms with van der Waals surface area (Å²) in [5.74, 6) is 0.784. The molecule has 3 aromatic heterocycles. The lowest BCUT2D eigenvalue weighted by Crippen LogP contribution is -2.32. The molecule has 0 atom stereocenters. The summed E-state index contributed by atoms with van der Waals surface area (Å²) in [6.07, 6.45) is 1.68. The van der Waals surface area contributed by atoms with Crippen molar-refractivity contribution in [2.24, 2.45) is 0 Å². The first-order valence-electron chi connectivity index (χ1n) is 40.6. The zero-order valence-electron chi connectivity index (χ0n) is 69.8. The summed E-state index contributed by atoms with van der Waals surface area (Å²) in [4.78, 5) is 33.9. The van der Waals surface area contributed by atoms with E-state index in [4.69, 9.17) is 134 Å². The van der Waals surface area contributed by atoms with Gasteiger partial charge in [-0.15, -0.1) is 5.10 Å². The van der Waals surface area contributed by atoms with Crippen LogP contribution < -0.4 is 16.4 Å². The molecular weight excluding hydrogens is 1570 g/mol. The fourth-order valence-electron chi connectivity index (χ4n) is 10.3. The van der Waals surface area contributed by atoms with E-state index >= 15 is 0 Å². The van der Waals surface area contributed by atoms with E-state index in [1.165, 1.54) is 0 Å². The number of benzene rings is 2. The number of hydrogen-bond donors (Lipinski definition) is 3. The fraction of sp³-hybridized carbons (Fsp3) is 0.747. The van der Waals surface area contributed by atoms with Gasteiger partial charge in [-0.2, -0.15) is 0 Å². The Morgan fingerprint density at radius 1 is 0.424 bits per heavy atom. The third-order valence-electron chi connectivity index (χ3n) is 16.1. The molecule has 0 saturated heterocycles. The first kappa shape index (κ1) is 103. The Morgan fingerprint density at radius 2 is 0.754 bits per heavy atom. The van der Waals surface area contributed by atoms with Crippen LogP contribution in [-0.2, 0) is 151 Å². The number of anilines is 2. The number of fused-ring (bicyclic) bond motifs is 3.